The Morgan fingerprint density at radius 3 is 2.33 bits per heavy atom. The van der Waals surface area contributed by atoms with Gasteiger partial charge in [0.15, 0.2) is 0 Å². The van der Waals surface area contributed by atoms with Crippen LogP contribution in [0.4, 0.5) is 0 Å². The van der Waals surface area contributed by atoms with Crippen LogP contribution in [0.1, 0.15) is 50.3 Å². The van der Waals surface area contributed by atoms with E-state index in [1.807, 2.05) is 6.92 Å². The fraction of sp³-hybridized carbons (Fsp3) is 0.500. The molecular formula is C14H20O. The third kappa shape index (κ3) is 2.68. The topological polar surface area (TPSA) is 17.1 Å². The maximum absolute atomic E-state index is 10.8. The van der Waals surface area contributed by atoms with E-state index in [-0.39, 0.29) is 11.3 Å². The Morgan fingerprint density at radius 1 is 1.27 bits per heavy atom. The monoisotopic (exact) mass is 204 g/mol. The summed E-state index contributed by atoms with van der Waals surface area (Å²) in [5.74, 6) is -0.00713. The lowest BCUT2D eigenvalue weighted by atomic mass is 9.83. The number of aryl methyl sites for hydroxylation is 1. The third-order valence-electron chi connectivity index (χ3n) is 2.84. The minimum absolute atomic E-state index is 0.00713. The Morgan fingerprint density at radius 2 is 1.87 bits per heavy atom. The van der Waals surface area contributed by atoms with Crippen LogP contribution in [0, 0.1) is 6.92 Å². The zero-order valence-corrected chi connectivity index (χ0v) is 10.3. The first-order valence-corrected chi connectivity index (χ1v) is 5.42. The number of carbonyl (C=O) groups is 1. The predicted octanol–water partition coefficient (Wildman–Crippen LogP) is 3.59. The van der Waals surface area contributed by atoms with Crippen LogP contribution >= 0.6 is 0 Å². The first-order chi connectivity index (χ1) is 6.86. The van der Waals surface area contributed by atoms with Crippen molar-refractivity contribution in [3.05, 3.63) is 34.9 Å². The molecule has 1 atom stereocenters. The van der Waals surface area contributed by atoms with Crippen molar-refractivity contribution >= 4 is 6.29 Å². The highest BCUT2D eigenvalue weighted by Crippen LogP contribution is 2.27. The van der Waals surface area contributed by atoms with Gasteiger partial charge in [0.05, 0.1) is 0 Å². The van der Waals surface area contributed by atoms with Crippen LogP contribution in [0.25, 0.3) is 0 Å². The molecule has 0 aliphatic heterocycles. The summed E-state index contributed by atoms with van der Waals surface area (Å²) < 4.78 is 0. The summed E-state index contributed by atoms with van der Waals surface area (Å²) in [6, 6.07) is 6.42. The number of rotatable bonds is 2. The lowest BCUT2D eigenvalue weighted by Gasteiger charge is -2.21. The molecule has 0 saturated heterocycles. The van der Waals surface area contributed by atoms with Crippen molar-refractivity contribution in [2.24, 2.45) is 0 Å². The molecule has 0 fully saturated rings. The molecule has 1 aromatic rings. The van der Waals surface area contributed by atoms with Crippen molar-refractivity contribution in [3.63, 3.8) is 0 Å². The van der Waals surface area contributed by atoms with Gasteiger partial charge in [0.25, 0.3) is 0 Å². The van der Waals surface area contributed by atoms with Crippen molar-refractivity contribution < 1.29 is 4.79 Å². The maximum Gasteiger partial charge on any atom is 0.127 e. The average molecular weight is 204 g/mol. The van der Waals surface area contributed by atoms with Crippen LogP contribution in [-0.2, 0) is 10.2 Å². The molecule has 0 heterocycles. The second kappa shape index (κ2) is 4.18. The second-order valence-electron chi connectivity index (χ2n) is 5.25. The molecule has 0 N–H and O–H groups in total. The summed E-state index contributed by atoms with van der Waals surface area (Å²) in [5.41, 5.74) is 3.78. The smallest absolute Gasteiger partial charge is 0.127 e. The van der Waals surface area contributed by atoms with Crippen LogP contribution in [0.5, 0.6) is 0 Å². The quantitative estimate of drug-likeness (QED) is 0.673. The highest BCUT2D eigenvalue weighted by molar-refractivity contribution is 5.63. The van der Waals surface area contributed by atoms with Crippen molar-refractivity contribution in [2.75, 3.05) is 0 Å². The number of benzene rings is 1. The van der Waals surface area contributed by atoms with Crippen LogP contribution in [0.2, 0.25) is 0 Å². The lowest BCUT2D eigenvalue weighted by molar-refractivity contribution is -0.108. The Balaban J connectivity index is 3.22. The van der Waals surface area contributed by atoms with Gasteiger partial charge >= 0.3 is 0 Å². The second-order valence-corrected chi connectivity index (χ2v) is 5.25. The van der Waals surface area contributed by atoms with Crippen molar-refractivity contribution in [2.45, 2.75) is 46.0 Å². The molecule has 0 saturated carbocycles. The molecule has 1 unspecified atom stereocenters. The van der Waals surface area contributed by atoms with E-state index in [2.05, 4.69) is 45.9 Å². The molecule has 15 heavy (non-hydrogen) atoms. The Bertz CT molecular complexity index is 358. The summed E-state index contributed by atoms with van der Waals surface area (Å²) in [5, 5.41) is 0. The first-order valence-electron chi connectivity index (χ1n) is 5.42. The fourth-order valence-corrected chi connectivity index (χ4v) is 1.67. The van der Waals surface area contributed by atoms with E-state index < -0.39 is 0 Å². The van der Waals surface area contributed by atoms with E-state index in [1.54, 1.807) is 0 Å². The molecule has 0 spiro atoms. The van der Waals surface area contributed by atoms with E-state index in [0.29, 0.717) is 0 Å². The molecule has 0 aromatic heterocycles. The van der Waals surface area contributed by atoms with Gasteiger partial charge in [-0.2, -0.15) is 0 Å². The number of hydrogen-bond acceptors (Lipinski definition) is 1. The van der Waals surface area contributed by atoms with E-state index in [0.717, 1.165) is 11.8 Å². The highest BCUT2D eigenvalue weighted by Gasteiger charge is 2.16. The zero-order chi connectivity index (χ0) is 11.6. The van der Waals surface area contributed by atoms with Gasteiger partial charge in [-0.15, -0.1) is 0 Å². The van der Waals surface area contributed by atoms with E-state index in [4.69, 9.17) is 0 Å². The fourth-order valence-electron chi connectivity index (χ4n) is 1.67. The molecule has 0 amide bonds. The van der Waals surface area contributed by atoms with Gasteiger partial charge in [-0.05, 0) is 29.0 Å². The maximum atomic E-state index is 10.8. The summed E-state index contributed by atoms with van der Waals surface area (Å²) in [4.78, 5) is 10.8. The van der Waals surface area contributed by atoms with Gasteiger partial charge in [-0.1, -0.05) is 45.9 Å². The van der Waals surface area contributed by atoms with Crippen molar-refractivity contribution in [3.8, 4) is 0 Å². The number of aldehydes is 1. The molecule has 0 bridgehead atoms. The van der Waals surface area contributed by atoms with Gasteiger partial charge in [0.2, 0.25) is 0 Å². The summed E-state index contributed by atoms with van der Waals surface area (Å²) in [6.07, 6.45) is 1.01. The van der Waals surface area contributed by atoms with Crippen LogP contribution in [0.15, 0.2) is 18.2 Å². The van der Waals surface area contributed by atoms with E-state index >= 15 is 0 Å². The third-order valence-corrected chi connectivity index (χ3v) is 2.84. The van der Waals surface area contributed by atoms with Gasteiger partial charge in [0.1, 0.15) is 6.29 Å². The van der Waals surface area contributed by atoms with E-state index in [1.165, 1.54) is 11.1 Å². The minimum Gasteiger partial charge on any atom is -0.303 e. The number of hydrogen-bond donors (Lipinski definition) is 0. The molecule has 82 valence electrons. The summed E-state index contributed by atoms with van der Waals surface area (Å²) >= 11 is 0. The molecule has 1 aromatic carbocycles. The largest absolute Gasteiger partial charge is 0.303 e. The van der Waals surface area contributed by atoms with Crippen molar-refractivity contribution in [1.29, 1.82) is 0 Å². The molecule has 1 heteroatoms. The summed E-state index contributed by atoms with van der Waals surface area (Å²) in [7, 11) is 0. The number of carbonyl (C=O) groups excluding carboxylic acids is 1. The molecular weight excluding hydrogens is 184 g/mol. The Labute approximate surface area is 92.5 Å². The SMILES string of the molecule is Cc1ccc(C(C)(C)C)cc1C(C)C=O. The van der Waals surface area contributed by atoms with Crippen LogP contribution in [-0.4, -0.2) is 6.29 Å². The average Bonchev–Trinajstić information content (AvgIpc) is 2.15. The lowest BCUT2D eigenvalue weighted by Crippen LogP contribution is -2.12. The predicted molar refractivity (Wildman–Crippen MR) is 64.4 cm³/mol. The molecule has 0 aliphatic carbocycles. The Kier molecular flexibility index (Phi) is 3.33. The van der Waals surface area contributed by atoms with Gasteiger partial charge in [-0.25, -0.2) is 0 Å². The molecule has 1 rings (SSSR count). The van der Waals surface area contributed by atoms with Crippen LogP contribution in [0.3, 0.4) is 0 Å². The van der Waals surface area contributed by atoms with Crippen molar-refractivity contribution in [1.82, 2.24) is 0 Å². The zero-order valence-electron chi connectivity index (χ0n) is 10.3. The van der Waals surface area contributed by atoms with Crippen LogP contribution < -0.4 is 0 Å². The van der Waals surface area contributed by atoms with Gasteiger partial charge in [-0.3, -0.25) is 0 Å². The Hall–Kier alpha value is -1.11. The molecule has 0 radical (unpaired) electrons. The summed E-state index contributed by atoms with van der Waals surface area (Å²) in [6.45, 7) is 10.6. The molecule has 1 nitrogen and oxygen atoms in total. The normalized spacial score (nSPS) is 13.7. The highest BCUT2D eigenvalue weighted by atomic mass is 16.1. The standard InChI is InChI=1S/C14H20O/c1-10-6-7-12(14(3,4)5)8-13(10)11(2)9-15/h6-9,11H,1-5H3. The minimum atomic E-state index is -0.00713. The molecule has 0 aliphatic rings. The van der Waals surface area contributed by atoms with E-state index in [9.17, 15) is 4.79 Å². The van der Waals surface area contributed by atoms with Gasteiger partial charge < -0.3 is 4.79 Å². The van der Waals surface area contributed by atoms with Gasteiger partial charge in [0, 0.05) is 5.92 Å². The first kappa shape index (κ1) is 12.0.